The van der Waals surface area contributed by atoms with Gasteiger partial charge < -0.3 is 14.1 Å². The zero-order valence-corrected chi connectivity index (χ0v) is 14.8. The van der Waals surface area contributed by atoms with Crippen molar-refractivity contribution in [2.75, 3.05) is 11.9 Å². The zero-order valence-electron chi connectivity index (χ0n) is 14.8. The van der Waals surface area contributed by atoms with Gasteiger partial charge in [-0.2, -0.15) is 0 Å². The molecule has 0 radical (unpaired) electrons. The molecule has 27 heavy (non-hydrogen) atoms. The number of anilines is 1. The van der Waals surface area contributed by atoms with Gasteiger partial charge in [0.15, 0.2) is 6.61 Å². The predicted molar refractivity (Wildman–Crippen MR) is 102 cm³/mol. The summed E-state index contributed by atoms with van der Waals surface area (Å²) in [6, 6.07) is 12.5. The number of hydrogen-bond donors (Lipinski definition) is 2. The second-order valence-electron chi connectivity index (χ2n) is 6.25. The Hall–Kier alpha value is -3.61. The highest BCUT2D eigenvalue weighted by atomic mass is 16.5. The van der Waals surface area contributed by atoms with E-state index in [0.717, 1.165) is 22.0 Å². The molecule has 4 rings (SSSR count). The number of ether oxygens (including phenoxy) is 1. The van der Waals surface area contributed by atoms with Crippen LogP contribution in [0.5, 0.6) is 5.75 Å². The zero-order chi connectivity index (χ0) is 19.0. The van der Waals surface area contributed by atoms with E-state index in [1.807, 2.05) is 37.3 Å². The fourth-order valence-electron chi connectivity index (χ4n) is 2.98. The van der Waals surface area contributed by atoms with Crippen LogP contribution in [0.3, 0.4) is 0 Å². The lowest BCUT2D eigenvalue weighted by Crippen LogP contribution is -2.21. The Labute approximate surface area is 154 Å². The van der Waals surface area contributed by atoms with Crippen LogP contribution in [0.1, 0.15) is 11.1 Å². The normalized spacial score (nSPS) is 11.0. The molecule has 0 spiro atoms. The van der Waals surface area contributed by atoms with E-state index >= 15 is 0 Å². The molecule has 4 aromatic rings. The van der Waals surface area contributed by atoms with Crippen LogP contribution < -0.4 is 15.7 Å². The van der Waals surface area contributed by atoms with Crippen molar-refractivity contribution in [3.8, 4) is 5.75 Å². The average Bonchev–Trinajstić information content (AvgIpc) is 3.03. The number of amides is 1. The van der Waals surface area contributed by atoms with Gasteiger partial charge in [0.2, 0.25) is 5.95 Å². The van der Waals surface area contributed by atoms with Crippen LogP contribution in [0.2, 0.25) is 0 Å². The molecule has 136 valence electrons. The standard InChI is InChI=1S/C20H17N3O4/c1-11-9-18(25)27-19-12(2)16(8-7-13(11)19)26-10-17(24)23-20-21-14-5-3-4-6-15(14)22-20/h3-9H,10H2,1-2H3,(H2,21,22,23,24). The predicted octanol–water partition coefficient (Wildman–Crippen LogP) is 3.30. The average molecular weight is 363 g/mol. The summed E-state index contributed by atoms with van der Waals surface area (Å²) in [6.07, 6.45) is 0. The minimum absolute atomic E-state index is 0.195. The largest absolute Gasteiger partial charge is 0.483 e. The summed E-state index contributed by atoms with van der Waals surface area (Å²) in [4.78, 5) is 31.1. The Kier molecular flexibility index (Phi) is 4.12. The number of H-pyrrole nitrogens is 1. The first-order chi connectivity index (χ1) is 13.0. The number of benzene rings is 2. The van der Waals surface area contributed by atoms with Crippen LogP contribution in [0, 0.1) is 13.8 Å². The van der Waals surface area contributed by atoms with Crippen molar-refractivity contribution in [2.24, 2.45) is 0 Å². The molecule has 7 heteroatoms. The number of carbonyl (C=O) groups excluding carboxylic acids is 1. The summed E-state index contributed by atoms with van der Waals surface area (Å²) in [5, 5.41) is 3.51. The smallest absolute Gasteiger partial charge is 0.336 e. The Morgan fingerprint density at radius 1 is 1.22 bits per heavy atom. The molecular formula is C20H17N3O4. The molecule has 2 heterocycles. The lowest BCUT2D eigenvalue weighted by molar-refractivity contribution is -0.118. The Morgan fingerprint density at radius 2 is 2.04 bits per heavy atom. The lowest BCUT2D eigenvalue weighted by Gasteiger charge is -2.11. The van der Waals surface area contributed by atoms with Gasteiger partial charge in [-0.1, -0.05) is 12.1 Å². The van der Waals surface area contributed by atoms with Crippen LogP contribution in [-0.4, -0.2) is 22.5 Å². The highest BCUT2D eigenvalue weighted by molar-refractivity contribution is 5.92. The third kappa shape index (κ3) is 3.27. The number of aromatic nitrogens is 2. The van der Waals surface area contributed by atoms with Crippen molar-refractivity contribution in [2.45, 2.75) is 13.8 Å². The first-order valence-corrected chi connectivity index (χ1v) is 8.43. The minimum atomic E-state index is -0.414. The summed E-state index contributed by atoms with van der Waals surface area (Å²) >= 11 is 0. The summed E-state index contributed by atoms with van der Waals surface area (Å²) < 4.78 is 10.9. The molecule has 0 aliphatic heterocycles. The topological polar surface area (TPSA) is 97.2 Å². The molecule has 0 bridgehead atoms. The van der Waals surface area contributed by atoms with Crippen molar-refractivity contribution in [1.29, 1.82) is 0 Å². The SMILES string of the molecule is Cc1cc(=O)oc2c(C)c(OCC(=O)Nc3nc4ccccc4[nH]3)ccc12. The molecule has 0 atom stereocenters. The number of fused-ring (bicyclic) bond motifs is 2. The molecule has 2 aromatic heterocycles. The van der Waals surface area contributed by atoms with E-state index in [1.165, 1.54) is 6.07 Å². The molecule has 0 aliphatic carbocycles. The van der Waals surface area contributed by atoms with Gasteiger partial charge in [0.05, 0.1) is 11.0 Å². The Balaban J connectivity index is 1.50. The van der Waals surface area contributed by atoms with E-state index < -0.39 is 5.63 Å². The number of aryl methyl sites for hydroxylation is 2. The number of para-hydroxylation sites is 2. The van der Waals surface area contributed by atoms with Crippen LogP contribution >= 0.6 is 0 Å². The second kappa shape index (κ2) is 6.60. The molecule has 2 aromatic carbocycles. The van der Waals surface area contributed by atoms with E-state index in [-0.39, 0.29) is 12.5 Å². The van der Waals surface area contributed by atoms with E-state index in [1.54, 1.807) is 13.0 Å². The van der Waals surface area contributed by atoms with Gasteiger partial charge in [-0.3, -0.25) is 10.1 Å². The monoisotopic (exact) mass is 363 g/mol. The Morgan fingerprint density at radius 3 is 2.85 bits per heavy atom. The number of rotatable bonds is 4. The van der Waals surface area contributed by atoms with E-state index in [2.05, 4.69) is 15.3 Å². The van der Waals surface area contributed by atoms with Gasteiger partial charge in [-0.05, 0) is 43.7 Å². The van der Waals surface area contributed by atoms with Crippen LogP contribution in [0.25, 0.3) is 22.0 Å². The molecule has 1 amide bonds. The summed E-state index contributed by atoms with van der Waals surface area (Å²) in [7, 11) is 0. The van der Waals surface area contributed by atoms with Gasteiger partial charge >= 0.3 is 5.63 Å². The van der Waals surface area contributed by atoms with Gasteiger partial charge in [0, 0.05) is 17.0 Å². The molecule has 0 saturated carbocycles. The number of carbonyl (C=O) groups is 1. The van der Waals surface area contributed by atoms with Gasteiger partial charge in [0.25, 0.3) is 5.91 Å². The van der Waals surface area contributed by atoms with Crippen molar-refractivity contribution in [1.82, 2.24) is 9.97 Å². The van der Waals surface area contributed by atoms with E-state index in [9.17, 15) is 9.59 Å². The number of nitrogens with zero attached hydrogens (tertiary/aromatic N) is 1. The van der Waals surface area contributed by atoms with E-state index in [4.69, 9.17) is 9.15 Å². The van der Waals surface area contributed by atoms with Crippen LogP contribution in [0.4, 0.5) is 5.95 Å². The first-order valence-electron chi connectivity index (χ1n) is 8.43. The molecule has 0 fully saturated rings. The number of aromatic amines is 1. The summed E-state index contributed by atoms with van der Waals surface area (Å²) in [6.45, 7) is 3.44. The molecule has 7 nitrogen and oxygen atoms in total. The minimum Gasteiger partial charge on any atom is -0.483 e. The highest BCUT2D eigenvalue weighted by Gasteiger charge is 2.12. The highest BCUT2D eigenvalue weighted by Crippen LogP contribution is 2.28. The molecule has 0 unspecified atom stereocenters. The maximum absolute atomic E-state index is 12.2. The fourth-order valence-corrected chi connectivity index (χ4v) is 2.98. The lowest BCUT2D eigenvalue weighted by atomic mass is 10.1. The van der Waals surface area contributed by atoms with Crippen molar-refractivity contribution >= 4 is 33.9 Å². The number of nitrogens with one attached hydrogen (secondary N) is 2. The van der Waals surface area contributed by atoms with Crippen LogP contribution in [0.15, 0.2) is 51.7 Å². The van der Waals surface area contributed by atoms with E-state index in [0.29, 0.717) is 22.8 Å². The third-order valence-electron chi connectivity index (χ3n) is 4.32. The maximum atomic E-state index is 12.2. The molecule has 0 aliphatic rings. The van der Waals surface area contributed by atoms with Crippen LogP contribution in [-0.2, 0) is 4.79 Å². The summed E-state index contributed by atoms with van der Waals surface area (Å²) in [5.41, 5.74) is 3.16. The Bertz CT molecular complexity index is 1190. The number of imidazole rings is 1. The molecule has 0 saturated heterocycles. The van der Waals surface area contributed by atoms with Gasteiger partial charge in [0.1, 0.15) is 11.3 Å². The quantitative estimate of drug-likeness (QED) is 0.542. The van der Waals surface area contributed by atoms with Gasteiger partial charge in [-0.15, -0.1) is 0 Å². The first kappa shape index (κ1) is 16.8. The second-order valence-corrected chi connectivity index (χ2v) is 6.25. The fraction of sp³-hybridized carbons (Fsp3) is 0.150. The van der Waals surface area contributed by atoms with Crippen molar-refractivity contribution in [3.05, 3.63) is 64.0 Å². The van der Waals surface area contributed by atoms with Crippen molar-refractivity contribution < 1.29 is 13.9 Å². The van der Waals surface area contributed by atoms with Crippen molar-refractivity contribution in [3.63, 3.8) is 0 Å². The summed E-state index contributed by atoms with van der Waals surface area (Å²) in [5.74, 6) is 0.497. The number of hydrogen-bond acceptors (Lipinski definition) is 5. The third-order valence-corrected chi connectivity index (χ3v) is 4.32. The molecule has 2 N–H and O–H groups in total. The van der Waals surface area contributed by atoms with Gasteiger partial charge in [-0.25, -0.2) is 9.78 Å². The maximum Gasteiger partial charge on any atom is 0.336 e. The molecular weight excluding hydrogens is 346 g/mol.